The Hall–Kier alpha value is -2.80. The number of nitro groups is 1. The van der Waals surface area contributed by atoms with Crippen LogP contribution < -0.4 is 9.47 Å². The molecule has 0 N–H and O–H groups in total. The quantitative estimate of drug-likeness (QED) is 0.586. The van der Waals surface area contributed by atoms with Crippen LogP contribution in [0.15, 0.2) is 36.4 Å². The molecule has 140 valence electrons. The molecule has 0 spiro atoms. The van der Waals surface area contributed by atoms with E-state index in [1.807, 2.05) is 18.2 Å². The Kier molecular flexibility index (Phi) is 4.61. The van der Waals surface area contributed by atoms with E-state index in [1.54, 1.807) is 4.90 Å². The summed E-state index contributed by atoms with van der Waals surface area (Å²) < 4.78 is 11.2. The SMILES string of the molecule is O=C(c1ccc([N+](=O)[O-])cc1Cl)N1CCC[C@@H]1c1ccc2c(c1)OCCO2. The molecule has 0 unspecified atom stereocenters. The monoisotopic (exact) mass is 388 g/mol. The summed E-state index contributed by atoms with van der Waals surface area (Å²) in [6.07, 6.45) is 1.70. The largest absolute Gasteiger partial charge is 0.486 e. The Morgan fingerprint density at radius 2 is 1.93 bits per heavy atom. The van der Waals surface area contributed by atoms with Crippen molar-refractivity contribution in [1.29, 1.82) is 0 Å². The third-order valence-corrected chi connectivity index (χ3v) is 5.17. The summed E-state index contributed by atoms with van der Waals surface area (Å²) in [6.45, 7) is 1.63. The molecule has 2 heterocycles. The van der Waals surface area contributed by atoms with Crippen molar-refractivity contribution in [1.82, 2.24) is 4.90 Å². The zero-order chi connectivity index (χ0) is 19.0. The predicted molar refractivity (Wildman–Crippen MR) is 98.5 cm³/mol. The first-order valence-corrected chi connectivity index (χ1v) is 9.07. The van der Waals surface area contributed by atoms with Crippen molar-refractivity contribution in [3.63, 3.8) is 0 Å². The van der Waals surface area contributed by atoms with Crippen molar-refractivity contribution < 1.29 is 19.2 Å². The highest BCUT2D eigenvalue weighted by Crippen LogP contribution is 2.39. The number of benzene rings is 2. The average Bonchev–Trinajstić information content (AvgIpc) is 3.16. The molecule has 1 amide bonds. The normalized spacial score (nSPS) is 18.4. The van der Waals surface area contributed by atoms with Crippen LogP contribution in [0.2, 0.25) is 5.02 Å². The smallest absolute Gasteiger partial charge is 0.270 e. The van der Waals surface area contributed by atoms with Crippen LogP contribution in [0.4, 0.5) is 5.69 Å². The maximum absolute atomic E-state index is 13.0. The molecule has 2 aromatic rings. The number of fused-ring (bicyclic) bond motifs is 1. The number of nitrogens with zero attached hydrogens (tertiary/aromatic N) is 2. The molecule has 0 radical (unpaired) electrons. The number of hydrogen-bond donors (Lipinski definition) is 0. The first kappa shape index (κ1) is 17.6. The van der Waals surface area contributed by atoms with Crippen LogP contribution in [-0.2, 0) is 0 Å². The van der Waals surface area contributed by atoms with E-state index in [0.29, 0.717) is 31.3 Å². The van der Waals surface area contributed by atoms with E-state index in [1.165, 1.54) is 18.2 Å². The standard InChI is InChI=1S/C19H17ClN2O5/c20-15-11-13(22(24)25)4-5-14(15)19(23)21-7-1-2-16(21)12-3-6-17-18(10-12)27-9-8-26-17/h3-6,10-11,16H,1-2,7-9H2/t16-/m1/s1. The summed E-state index contributed by atoms with van der Waals surface area (Å²) in [4.78, 5) is 25.1. The van der Waals surface area contributed by atoms with Gasteiger partial charge >= 0.3 is 0 Å². The topological polar surface area (TPSA) is 81.9 Å². The number of ether oxygens (including phenoxy) is 2. The number of halogens is 1. The lowest BCUT2D eigenvalue weighted by Crippen LogP contribution is -2.31. The Morgan fingerprint density at radius 1 is 1.15 bits per heavy atom. The van der Waals surface area contributed by atoms with Crippen molar-refractivity contribution in [3.05, 3.63) is 62.7 Å². The highest BCUT2D eigenvalue weighted by molar-refractivity contribution is 6.34. The lowest BCUT2D eigenvalue weighted by atomic mass is 10.0. The van der Waals surface area contributed by atoms with Crippen LogP contribution in [0, 0.1) is 10.1 Å². The maximum atomic E-state index is 13.0. The molecule has 2 aromatic carbocycles. The highest BCUT2D eigenvalue weighted by Gasteiger charge is 2.32. The molecule has 1 saturated heterocycles. The van der Waals surface area contributed by atoms with Crippen LogP contribution >= 0.6 is 11.6 Å². The fourth-order valence-corrected chi connectivity index (χ4v) is 3.82. The second-order valence-electron chi connectivity index (χ2n) is 6.48. The van der Waals surface area contributed by atoms with Gasteiger partial charge in [-0.15, -0.1) is 0 Å². The van der Waals surface area contributed by atoms with E-state index in [0.717, 1.165) is 18.4 Å². The number of rotatable bonds is 3. The van der Waals surface area contributed by atoms with E-state index >= 15 is 0 Å². The van der Waals surface area contributed by atoms with Crippen LogP contribution in [0.1, 0.15) is 34.8 Å². The number of nitro benzene ring substituents is 1. The van der Waals surface area contributed by atoms with Gasteiger partial charge in [-0.3, -0.25) is 14.9 Å². The second kappa shape index (κ2) is 7.08. The molecule has 0 aromatic heterocycles. The zero-order valence-corrected chi connectivity index (χ0v) is 15.1. The van der Waals surface area contributed by atoms with Crippen molar-refractivity contribution in [2.75, 3.05) is 19.8 Å². The van der Waals surface area contributed by atoms with E-state index in [4.69, 9.17) is 21.1 Å². The third-order valence-electron chi connectivity index (χ3n) is 4.86. The van der Waals surface area contributed by atoms with Gasteiger partial charge in [0.25, 0.3) is 11.6 Å². The summed E-state index contributed by atoms with van der Waals surface area (Å²) in [7, 11) is 0. The van der Waals surface area contributed by atoms with Gasteiger partial charge in [-0.05, 0) is 36.6 Å². The van der Waals surface area contributed by atoms with Gasteiger partial charge in [-0.2, -0.15) is 0 Å². The Bertz CT molecular complexity index is 917. The predicted octanol–water partition coefficient (Wildman–Crippen LogP) is 4.00. The molecule has 2 aliphatic heterocycles. The maximum Gasteiger partial charge on any atom is 0.270 e. The number of amides is 1. The Morgan fingerprint density at radius 3 is 2.67 bits per heavy atom. The summed E-state index contributed by atoms with van der Waals surface area (Å²) in [5.41, 5.74) is 1.11. The molecule has 0 saturated carbocycles. The summed E-state index contributed by atoms with van der Waals surface area (Å²) in [5.74, 6) is 1.16. The van der Waals surface area contributed by atoms with Gasteiger partial charge in [-0.1, -0.05) is 17.7 Å². The second-order valence-corrected chi connectivity index (χ2v) is 6.89. The lowest BCUT2D eigenvalue weighted by molar-refractivity contribution is -0.384. The number of non-ortho nitro benzene ring substituents is 1. The van der Waals surface area contributed by atoms with E-state index in [9.17, 15) is 14.9 Å². The third kappa shape index (κ3) is 3.30. The van der Waals surface area contributed by atoms with E-state index in [-0.39, 0.29) is 28.2 Å². The van der Waals surface area contributed by atoms with E-state index < -0.39 is 4.92 Å². The molecule has 1 atom stereocenters. The molecule has 2 aliphatic rings. The van der Waals surface area contributed by atoms with Gasteiger partial charge in [0.1, 0.15) is 13.2 Å². The molecule has 0 bridgehead atoms. The van der Waals surface area contributed by atoms with Crippen molar-refractivity contribution in [3.8, 4) is 11.5 Å². The summed E-state index contributed by atoms with van der Waals surface area (Å²) in [5, 5.41) is 11.0. The van der Waals surface area contributed by atoms with E-state index in [2.05, 4.69) is 0 Å². The fraction of sp³-hybridized carbons (Fsp3) is 0.316. The Labute approximate surface area is 160 Å². The summed E-state index contributed by atoms with van der Waals surface area (Å²) in [6, 6.07) is 9.56. The first-order valence-electron chi connectivity index (χ1n) is 8.69. The van der Waals surface area contributed by atoms with Gasteiger partial charge in [0, 0.05) is 18.7 Å². The average molecular weight is 389 g/mol. The van der Waals surface area contributed by atoms with Crippen LogP contribution in [-0.4, -0.2) is 35.5 Å². The van der Waals surface area contributed by atoms with Crippen molar-refractivity contribution >= 4 is 23.2 Å². The zero-order valence-electron chi connectivity index (χ0n) is 14.4. The summed E-state index contributed by atoms with van der Waals surface area (Å²) >= 11 is 6.15. The number of carbonyl (C=O) groups excluding carboxylic acids is 1. The first-order chi connectivity index (χ1) is 13.0. The Balaban J connectivity index is 1.61. The minimum Gasteiger partial charge on any atom is -0.486 e. The molecule has 1 fully saturated rings. The lowest BCUT2D eigenvalue weighted by Gasteiger charge is -2.27. The van der Waals surface area contributed by atoms with Crippen LogP contribution in [0.3, 0.4) is 0 Å². The minimum atomic E-state index is -0.534. The molecular weight excluding hydrogens is 372 g/mol. The number of likely N-dealkylation sites (tertiary alicyclic amines) is 1. The van der Waals surface area contributed by atoms with Crippen LogP contribution in [0.25, 0.3) is 0 Å². The molecular formula is C19H17ClN2O5. The van der Waals surface area contributed by atoms with Crippen molar-refractivity contribution in [2.45, 2.75) is 18.9 Å². The van der Waals surface area contributed by atoms with Gasteiger partial charge < -0.3 is 14.4 Å². The molecule has 27 heavy (non-hydrogen) atoms. The van der Waals surface area contributed by atoms with Gasteiger partial charge in [-0.25, -0.2) is 0 Å². The molecule has 0 aliphatic carbocycles. The van der Waals surface area contributed by atoms with Crippen molar-refractivity contribution in [2.24, 2.45) is 0 Å². The molecule has 8 heteroatoms. The number of hydrogen-bond acceptors (Lipinski definition) is 5. The molecule has 4 rings (SSSR count). The number of carbonyl (C=O) groups is 1. The molecule has 7 nitrogen and oxygen atoms in total. The van der Waals surface area contributed by atoms with Crippen LogP contribution in [0.5, 0.6) is 11.5 Å². The highest BCUT2D eigenvalue weighted by atomic mass is 35.5. The van der Waals surface area contributed by atoms with Gasteiger partial charge in [0.15, 0.2) is 11.5 Å². The minimum absolute atomic E-state index is 0.0852. The fourth-order valence-electron chi connectivity index (χ4n) is 3.57. The van der Waals surface area contributed by atoms with Gasteiger partial charge in [0.05, 0.1) is 21.6 Å². The van der Waals surface area contributed by atoms with Gasteiger partial charge in [0.2, 0.25) is 0 Å².